The number of phenolic OH excluding ortho intramolecular Hbond substituents is 1. The third-order valence-electron chi connectivity index (χ3n) is 7.06. The number of carbonyl (C=O) groups excluding carboxylic acids is 2. The predicted octanol–water partition coefficient (Wildman–Crippen LogP) is 6.28. The molecule has 1 amide bonds. The molecule has 0 spiro atoms. The molecule has 2 heterocycles. The number of hydrogen-bond donors (Lipinski definition) is 1. The van der Waals surface area contributed by atoms with Crippen LogP contribution in [0.1, 0.15) is 78.1 Å². The van der Waals surface area contributed by atoms with Crippen LogP contribution in [0.3, 0.4) is 0 Å². The number of carbonyl (C=O) groups is 2. The van der Waals surface area contributed by atoms with Gasteiger partial charge in [-0.3, -0.25) is 9.59 Å². The van der Waals surface area contributed by atoms with E-state index in [1.165, 1.54) is 19.3 Å². The first-order chi connectivity index (χ1) is 16.6. The fourth-order valence-electron chi connectivity index (χ4n) is 5.22. The van der Waals surface area contributed by atoms with Crippen LogP contribution in [0.4, 0.5) is 0 Å². The Balaban J connectivity index is 1.29. The molecule has 1 saturated carbocycles. The lowest BCUT2D eigenvalue weighted by Crippen LogP contribution is -2.36. The van der Waals surface area contributed by atoms with Gasteiger partial charge in [-0.15, -0.1) is 11.3 Å². The minimum absolute atomic E-state index is 0.0191. The van der Waals surface area contributed by atoms with E-state index in [-0.39, 0.29) is 17.4 Å². The van der Waals surface area contributed by atoms with Crippen molar-refractivity contribution in [1.29, 1.82) is 0 Å². The fraction of sp³-hybridized carbons (Fsp3) is 0.429. The first-order valence-corrected chi connectivity index (χ1v) is 13.2. The molecule has 1 N–H and O–H groups in total. The minimum atomic E-state index is 0.0191. The zero-order chi connectivity index (χ0) is 23.5. The van der Waals surface area contributed by atoms with Gasteiger partial charge in [0.05, 0.1) is 13.0 Å². The van der Waals surface area contributed by atoms with E-state index in [4.69, 9.17) is 4.74 Å². The number of ether oxygens (including phenoxy) is 1. The molecule has 178 valence electrons. The van der Waals surface area contributed by atoms with Gasteiger partial charge in [-0.05, 0) is 80.5 Å². The molecule has 3 aromatic rings. The van der Waals surface area contributed by atoms with Crippen molar-refractivity contribution >= 4 is 33.1 Å². The second kappa shape index (κ2) is 10.2. The summed E-state index contributed by atoms with van der Waals surface area (Å²) in [5.74, 6) is 1.48. The minimum Gasteiger partial charge on any atom is -0.508 e. The molecule has 0 atom stereocenters. The Bertz CT molecular complexity index is 1170. The fourth-order valence-corrected chi connectivity index (χ4v) is 6.62. The standard InChI is InChI=1S/C28H31NO4S/c30-21-10-13-23-24(18-21)34-28(20-6-2-3-7-20)26(23)27(32)19-8-11-22(12-9-19)33-17-14-25(31)29-15-4-1-5-16-29/h8-13,18,20,30H,1-7,14-17H2. The third-order valence-corrected chi connectivity index (χ3v) is 8.38. The average molecular weight is 478 g/mol. The van der Waals surface area contributed by atoms with Crippen molar-refractivity contribution in [1.82, 2.24) is 4.90 Å². The topological polar surface area (TPSA) is 66.8 Å². The summed E-state index contributed by atoms with van der Waals surface area (Å²) in [4.78, 5) is 29.0. The number of nitrogens with zero attached hydrogens (tertiary/aromatic N) is 1. The van der Waals surface area contributed by atoms with Crippen molar-refractivity contribution in [3.05, 3.63) is 58.5 Å². The number of thiophene rings is 1. The molecule has 2 fully saturated rings. The number of rotatable bonds is 7. The maximum Gasteiger partial charge on any atom is 0.225 e. The number of ketones is 1. The number of phenols is 1. The van der Waals surface area contributed by atoms with Crippen LogP contribution in [0.2, 0.25) is 0 Å². The molecular formula is C28H31NO4S. The number of amides is 1. The van der Waals surface area contributed by atoms with Crippen LogP contribution in [0.25, 0.3) is 10.1 Å². The first kappa shape index (κ1) is 22.9. The second-order valence-electron chi connectivity index (χ2n) is 9.40. The third kappa shape index (κ3) is 4.83. The Morgan fingerprint density at radius 3 is 2.44 bits per heavy atom. The molecule has 1 aliphatic heterocycles. The van der Waals surface area contributed by atoms with Gasteiger partial charge in [0.15, 0.2) is 5.78 Å². The van der Waals surface area contributed by atoms with Crippen LogP contribution < -0.4 is 4.74 Å². The van der Waals surface area contributed by atoms with Gasteiger partial charge in [0.25, 0.3) is 0 Å². The van der Waals surface area contributed by atoms with Crippen molar-refractivity contribution in [2.45, 2.75) is 57.3 Å². The van der Waals surface area contributed by atoms with Crippen molar-refractivity contribution in [2.24, 2.45) is 0 Å². The molecule has 5 nitrogen and oxygen atoms in total. The molecule has 0 radical (unpaired) electrons. The van der Waals surface area contributed by atoms with Gasteiger partial charge in [-0.1, -0.05) is 12.8 Å². The van der Waals surface area contributed by atoms with E-state index < -0.39 is 0 Å². The van der Waals surface area contributed by atoms with Gasteiger partial charge in [0.1, 0.15) is 11.5 Å². The van der Waals surface area contributed by atoms with E-state index in [1.807, 2.05) is 35.2 Å². The number of piperidine rings is 1. The summed E-state index contributed by atoms with van der Waals surface area (Å²) in [5, 5.41) is 10.9. The van der Waals surface area contributed by atoms with Crippen LogP contribution >= 0.6 is 11.3 Å². The first-order valence-electron chi connectivity index (χ1n) is 12.4. The summed E-state index contributed by atoms with van der Waals surface area (Å²) in [5.41, 5.74) is 1.41. The highest BCUT2D eigenvalue weighted by Crippen LogP contribution is 2.44. The van der Waals surface area contributed by atoms with Gasteiger partial charge in [0, 0.05) is 39.2 Å². The monoisotopic (exact) mass is 477 g/mol. The summed E-state index contributed by atoms with van der Waals surface area (Å²) < 4.78 is 6.76. The smallest absolute Gasteiger partial charge is 0.225 e. The average Bonchev–Trinajstić information content (AvgIpc) is 3.52. The normalized spacial score (nSPS) is 16.8. The van der Waals surface area contributed by atoms with Crippen LogP contribution in [0.5, 0.6) is 11.5 Å². The Kier molecular flexibility index (Phi) is 6.86. The SMILES string of the molecule is O=C(c1ccc(OCCC(=O)N2CCCCC2)cc1)c1c(C2CCCC2)sc2cc(O)ccc12. The van der Waals surface area contributed by atoms with Gasteiger partial charge in [0.2, 0.25) is 5.91 Å². The van der Waals surface area contributed by atoms with E-state index in [0.29, 0.717) is 30.3 Å². The van der Waals surface area contributed by atoms with Gasteiger partial charge in [-0.2, -0.15) is 0 Å². The number of fused-ring (bicyclic) bond motifs is 1. The summed E-state index contributed by atoms with van der Waals surface area (Å²) in [6.07, 6.45) is 8.38. The molecule has 5 rings (SSSR count). The Hall–Kier alpha value is -2.86. The summed E-state index contributed by atoms with van der Waals surface area (Å²) >= 11 is 1.65. The van der Waals surface area contributed by atoms with Crippen molar-refractivity contribution in [3.8, 4) is 11.5 Å². The van der Waals surface area contributed by atoms with Crippen molar-refractivity contribution in [3.63, 3.8) is 0 Å². The van der Waals surface area contributed by atoms with E-state index in [0.717, 1.165) is 59.3 Å². The summed E-state index contributed by atoms with van der Waals surface area (Å²) in [6, 6.07) is 12.5. The van der Waals surface area contributed by atoms with Crippen LogP contribution in [0.15, 0.2) is 42.5 Å². The van der Waals surface area contributed by atoms with Gasteiger partial charge in [-0.25, -0.2) is 0 Å². The maximum atomic E-state index is 13.6. The van der Waals surface area contributed by atoms with E-state index >= 15 is 0 Å². The van der Waals surface area contributed by atoms with E-state index in [9.17, 15) is 14.7 Å². The second-order valence-corrected chi connectivity index (χ2v) is 10.5. The predicted molar refractivity (Wildman–Crippen MR) is 135 cm³/mol. The Labute approximate surface area is 204 Å². The summed E-state index contributed by atoms with van der Waals surface area (Å²) in [7, 11) is 0. The molecule has 1 aliphatic carbocycles. The number of likely N-dealkylation sites (tertiary alicyclic amines) is 1. The highest BCUT2D eigenvalue weighted by Gasteiger charge is 2.28. The molecule has 2 aliphatic rings. The Morgan fingerprint density at radius 1 is 0.971 bits per heavy atom. The highest BCUT2D eigenvalue weighted by molar-refractivity contribution is 7.19. The molecule has 2 aromatic carbocycles. The van der Waals surface area contributed by atoms with Crippen molar-refractivity contribution < 1.29 is 19.4 Å². The zero-order valence-electron chi connectivity index (χ0n) is 19.4. The van der Waals surface area contributed by atoms with Crippen LogP contribution in [0, 0.1) is 0 Å². The Morgan fingerprint density at radius 2 is 1.71 bits per heavy atom. The quantitative estimate of drug-likeness (QED) is 0.407. The molecule has 34 heavy (non-hydrogen) atoms. The molecule has 0 bridgehead atoms. The number of aromatic hydroxyl groups is 1. The van der Waals surface area contributed by atoms with Crippen molar-refractivity contribution in [2.75, 3.05) is 19.7 Å². The molecule has 0 unspecified atom stereocenters. The highest BCUT2D eigenvalue weighted by atomic mass is 32.1. The van der Waals surface area contributed by atoms with Gasteiger partial charge >= 0.3 is 0 Å². The number of benzene rings is 2. The van der Waals surface area contributed by atoms with E-state index in [1.54, 1.807) is 23.5 Å². The molecular weight excluding hydrogens is 446 g/mol. The summed E-state index contributed by atoms with van der Waals surface area (Å²) in [6.45, 7) is 2.05. The maximum absolute atomic E-state index is 13.6. The van der Waals surface area contributed by atoms with Crippen LogP contribution in [-0.4, -0.2) is 41.4 Å². The molecule has 6 heteroatoms. The lowest BCUT2D eigenvalue weighted by Gasteiger charge is -2.26. The van der Waals surface area contributed by atoms with E-state index in [2.05, 4.69) is 0 Å². The van der Waals surface area contributed by atoms with Crippen LogP contribution in [-0.2, 0) is 4.79 Å². The molecule has 1 saturated heterocycles. The van der Waals surface area contributed by atoms with Gasteiger partial charge < -0.3 is 14.7 Å². The molecule has 1 aromatic heterocycles. The number of hydrogen-bond acceptors (Lipinski definition) is 5. The lowest BCUT2D eigenvalue weighted by atomic mass is 9.94. The largest absolute Gasteiger partial charge is 0.508 e. The zero-order valence-corrected chi connectivity index (χ0v) is 20.2. The lowest BCUT2D eigenvalue weighted by molar-refractivity contribution is -0.132.